The van der Waals surface area contributed by atoms with Gasteiger partial charge in [0.25, 0.3) is 5.89 Å². The Morgan fingerprint density at radius 3 is 2.29 bits per heavy atom. The van der Waals surface area contributed by atoms with Crippen molar-refractivity contribution in [2.45, 2.75) is 97.3 Å². The summed E-state index contributed by atoms with van der Waals surface area (Å²) in [7, 11) is 0. The van der Waals surface area contributed by atoms with Crippen molar-refractivity contribution in [1.29, 1.82) is 0 Å². The third kappa shape index (κ3) is 10.4. The van der Waals surface area contributed by atoms with Crippen molar-refractivity contribution in [2.75, 3.05) is 0 Å². The van der Waals surface area contributed by atoms with E-state index in [1.807, 2.05) is 6.08 Å². The minimum absolute atomic E-state index is 0.0236. The van der Waals surface area contributed by atoms with Crippen LogP contribution in [0.15, 0.2) is 35.4 Å². The van der Waals surface area contributed by atoms with Crippen molar-refractivity contribution in [3.63, 3.8) is 0 Å². The third-order valence-electron chi connectivity index (χ3n) is 4.67. The van der Waals surface area contributed by atoms with E-state index < -0.39 is 0 Å². The minimum atomic E-state index is -0.0236. The number of rotatable bonds is 14. The molecule has 28 heavy (non-hydrogen) atoms. The number of hydrogen-bond acceptors (Lipinski definition) is 4. The van der Waals surface area contributed by atoms with Crippen LogP contribution in [-0.4, -0.2) is 15.8 Å². The second kappa shape index (κ2) is 16.0. The number of aromatic nitrogens is 2. The number of carbonyl (C=O) groups is 1. The molecule has 2 aromatic rings. The molecule has 0 N–H and O–H groups in total. The van der Waals surface area contributed by atoms with Crippen molar-refractivity contribution in [3.05, 3.63) is 36.9 Å². The Hall–Kier alpha value is -1.97. The lowest BCUT2D eigenvalue weighted by atomic mass is 10.1. The molecule has 0 unspecified atom stereocenters. The Labute approximate surface area is 170 Å². The van der Waals surface area contributed by atoms with Crippen molar-refractivity contribution >= 4 is 17.0 Å². The first-order valence-electron chi connectivity index (χ1n) is 11.1. The molecule has 0 bridgehead atoms. The lowest BCUT2D eigenvalue weighted by Crippen LogP contribution is -1.98. The standard InChI is InChI=1S/C14H18N2O2.C10H20/c1-2-3-4-5-6-9-12(17)14-16-11-8-7-10-15-13(11)18-14;1-3-5-7-9-10-8-6-4-2/h7-8,10H,2-6,9H2,1H3;3H,1,4-10H2,2H3. The van der Waals surface area contributed by atoms with Gasteiger partial charge < -0.3 is 4.42 Å². The average Bonchev–Trinajstić information content (AvgIpc) is 3.15. The molecule has 156 valence electrons. The van der Waals surface area contributed by atoms with Crippen LogP contribution in [0.3, 0.4) is 0 Å². The van der Waals surface area contributed by atoms with Gasteiger partial charge >= 0.3 is 0 Å². The number of Topliss-reactive ketones (excluding diaryl/α,β-unsaturated/α-hetero) is 1. The van der Waals surface area contributed by atoms with Crippen molar-refractivity contribution in [3.8, 4) is 0 Å². The molecule has 0 aliphatic carbocycles. The van der Waals surface area contributed by atoms with E-state index in [0.717, 1.165) is 12.8 Å². The number of pyridine rings is 1. The third-order valence-corrected chi connectivity index (χ3v) is 4.67. The van der Waals surface area contributed by atoms with Gasteiger partial charge in [-0.05, 0) is 31.4 Å². The quantitative estimate of drug-likeness (QED) is 0.190. The molecule has 0 radical (unpaired) electrons. The monoisotopic (exact) mass is 386 g/mol. The predicted octanol–water partition coefficient (Wildman–Crippen LogP) is 7.69. The molecule has 0 atom stereocenters. The Morgan fingerprint density at radius 1 is 1.00 bits per heavy atom. The summed E-state index contributed by atoms with van der Waals surface area (Å²) in [5.74, 6) is 0.170. The van der Waals surface area contributed by atoms with Gasteiger partial charge in [-0.2, -0.15) is 0 Å². The highest BCUT2D eigenvalue weighted by Crippen LogP contribution is 2.15. The molecule has 0 amide bonds. The Morgan fingerprint density at radius 2 is 1.64 bits per heavy atom. The maximum atomic E-state index is 11.9. The van der Waals surface area contributed by atoms with E-state index in [-0.39, 0.29) is 11.7 Å². The predicted molar refractivity (Wildman–Crippen MR) is 118 cm³/mol. The fourth-order valence-corrected chi connectivity index (χ4v) is 2.95. The molecule has 4 heteroatoms. The maximum absolute atomic E-state index is 11.9. The summed E-state index contributed by atoms with van der Waals surface area (Å²) in [4.78, 5) is 20.0. The number of carbonyl (C=O) groups excluding carboxylic acids is 1. The average molecular weight is 387 g/mol. The number of fused-ring (bicyclic) bond motifs is 1. The van der Waals surface area contributed by atoms with Crippen LogP contribution in [0.1, 0.15) is 108 Å². The SMILES string of the molecule is C=CCCCCCCCC.CCCCCCCC(=O)c1nc2cccnc2o1. The van der Waals surface area contributed by atoms with Crippen molar-refractivity contribution < 1.29 is 9.21 Å². The summed E-state index contributed by atoms with van der Waals surface area (Å²) in [6, 6.07) is 3.58. The number of unbranched alkanes of at least 4 members (excludes halogenated alkanes) is 10. The molecular formula is C24H38N2O2. The van der Waals surface area contributed by atoms with E-state index in [1.54, 1.807) is 18.3 Å². The zero-order valence-electron chi connectivity index (χ0n) is 17.9. The number of oxazole rings is 1. The highest BCUT2D eigenvalue weighted by Gasteiger charge is 2.14. The Bertz CT molecular complexity index is 630. The van der Waals surface area contributed by atoms with Gasteiger partial charge in [-0.25, -0.2) is 9.97 Å². The number of hydrogen-bond donors (Lipinski definition) is 0. The highest BCUT2D eigenvalue weighted by atomic mass is 16.4. The van der Waals surface area contributed by atoms with E-state index in [9.17, 15) is 4.79 Å². The topological polar surface area (TPSA) is 56.0 Å². The Kier molecular flexibility index (Phi) is 13.8. The molecule has 2 aromatic heterocycles. The normalized spacial score (nSPS) is 10.5. The van der Waals surface area contributed by atoms with Gasteiger partial charge in [0.15, 0.2) is 0 Å². The number of allylic oxidation sites excluding steroid dienone is 1. The fraction of sp³-hybridized carbons (Fsp3) is 0.625. The van der Waals surface area contributed by atoms with Crippen molar-refractivity contribution in [2.24, 2.45) is 0 Å². The van der Waals surface area contributed by atoms with Crippen LogP contribution in [0.2, 0.25) is 0 Å². The van der Waals surface area contributed by atoms with Gasteiger partial charge in [0.2, 0.25) is 11.5 Å². The molecule has 2 rings (SSSR count). The second-order valence-corrected chi connectivity index (χ2v) is 7.28. The van der Waals surface area contributed by atoms with Crippen LogP contribution in [0.5, 0.6) is 0 Å². The lowest BCUT2D eigenvalue weighted by molar-refractivity contribution is 0.0947. The first-order chi connectivity index (χ1) is 13.7. The molecule has 4 nitrogen and oxygen atoms in total. The molecule has 0 saturated heterocycles. The van der Waals surface area contributed by atoms with Crippen LogP contribution in [0.25, 0.3) is 11.2 Å². The molecule has 2 heterocycles. The molecule has 0 aliphatic heterocycles. The van der Waals surface area contributed by atoms with E-state index in [4.69, 9.17) is 4.42 Å². The van der Waals surface area contributed by atoms with Gasteiger partial charge in [-0.3, -0.25) is 4.79 Å². The summed E-state index contributed by atoms with van der Waals surface area (Å²) >= 11 is 0. The molecule has 0 saturated carbocycles. The largest absolute Gasteiger partial charge is 0.415 e. The molecular weight excluding hydrogens is 348 g/mol. The van der Waals surface area contributed by atoms with Gasteiger partial charge in [0.05, 0.1) is 0 Å². The number of nitrogens with zero attached hydrogens (tertiary/aromatic N) is 2. The van der Waals surface area contributed by atoms with Gasteiger partial charge in [-0.1, -0.05) is 77.7 Å². The molecule has 0 fully saturated rings. The van der Waals surface area contributed by atoms with Crippen molar-refractivity contribution in [1.82, 2.24) is 9.97 Å². The number of ketones is 1. The van der Waals surface area contributed by atoms with Crippen LogP contribution in [0, 0.1) is 0 Å². The first kappa shape index (κ1) is 24.1. The molecule has 0 spiro atoms. The molecule has 0 aliphatic rings. The second-order valence-electron chi connectivity index (χ2n) is 7.28. The summed E-state index contributed by atoms with van der Waals surface area (Å²) in [5, 5.41) is 0. The van der Waals surface area contributed by atoms with Gasteiger partial charge in [-0.15, -0.1) is 6.58 Å². The zero-order chi connectivity index (χ0) is 20.5. The van der Waals surface area contributed by atoms with Crippen LogP contribution < -0.4 is 0 Å². The summed E-state index contributed by atoms with van der Waals surface area (Å²) in [6.07, 6.45) is 19.3. The summed E-state index contributed by atoms with van der Waals surface area (Å²) < 4.78 is 5.34. The lowest BCUT2D eigenvalue weighted by Gasteiger charge is -1.97. The van der Waals surface area contributed by atoms with Gasteiger partial charge in [0.1, 0.15) is 5.52 Å². The van der Waals surface area contributed by atoms with Crippen LogP contribution in [0.4, 0.5) is 0 Å². The summed E-state index contributed by atoms with van der Waals surface area (Å²) in [5.41, 5.74) is 1.08. The Balaban J connectivity index is 0.000000336. The highest BCUT2D eigenvalue weighted by molar-refractivity contribution is 5.93. The minimum Gasteiger partial charge on any atom is -0.415 e. The van der Waals surface area contributed by atoms with E-state index in [2.05, 4.69) is 30.4 Å². The van der Waals surface area contributed by atoms with E-state index in [1.165, 1.54) is 64.2 Å². The maximum Gasteiger partial charge on any atom is 0.265 e. The smallest absolute Gasteiger partial charge is 0.265 e. The van der Waals surface area contributed by atoms with E-state index >= 15 is 0 Å². The first-order valence-corrected chi connectivity index (χ1v) is 11.1. The zero-order valence-corrected chi connectivity index (χ0v) is 17.9. The van der Waals surface area contributed by atoms with Gasteiger partial charge in [0, 0.05) is 12.6 Å². The van der Waals surface area contributed by atoms with Crippen LogP contribution in [-0.2, 0) is 0 Å². The van der Waals surface area contributed by atoms with Crippen LogP contribution >= 0.6 is 0 Å². The fourth-order valence-electron chi connectivity index (χ4n) is 2.95. The van der Waals surface area contributed by atoms with E-state index in [0.29, 0.717) is 17.7 Å². The summed E-state index contributed by atoms with van der Waals surface area (Å²) in [6.45, 7) is 8.13. The molecule has 0 aromatic carbocycles.